The number of rotatable bonds is 9. The number of hydrogen-bond donors (Lipinski definition) is 1. The average Bonchev–Trinajstić information content (AvgIpc) is 3.41. The molecular formula is C25H37N5O3S. The second kappa shape index (κ2) is 11.6. The van der Waals surface area contributed by atoms with E-state index >= 15 is 0 Å². The van der Waals surface area contributed by atoms with E-state index in [9.17, 15) is 0 Å². The van der Waals surface area contributed by atoms with Crippen molar-refractivity contribution in [2.75, 3.05) is 81.4 Å². The van der Waals surface area contributed by atoms with E-state index in [2.05, 4.69) is 15.1 Å². The highest BCUT2D eigenvalue weighted by atomic mass is 32.2. The number of nitrogens with zero attached hydrogens (tertiary/aromatic N) is 4. The fourth-order valence-electron chi connectivity index (χ4n) is 4.92. The molecule has 34 heavy (non-hydrogen) atoms. The molecule has 0 unspecified atom stereocenters. The Balaban J connectivity index is 1.40. The third-order valence-corrected chi connectivity index (χ3v) is 7.95. The van der Waals surface area contributed by atoms with Crippen molar-refractivity contribution in [3.63, 3.8) is 0 Å². The van der Waals surface area contributed by atoms with Crippen LogP contribution in [0.15, 0.2) is 12.1 Å². The third-order valence-electron chi connectivity index (χ3n) is 6.90. The fourth-order valence-corrected chi connectivity index (χ4v) is 6.03. The van der Waals surface area contributed by atoms with Gasteiger partial charge in [0.2, 0.25) is 5.95 Å². The second-order valence-corrected chi connectivity index (χ2v) is 10.5. The molecule has 0 bridgehead atoms. The molecule has 3 aliphatic rings. The van der Waals surface area contributed by atoms with Gasteiger partial charge in [0.25, 0.3) is 0 Å². The Morgan fingerprint density at radius 3 is 2.62 bits per heavy atom. The van der Waals surface area contributed by atoms with Crippen molar-refractivity contribution in [2.45, 2.75) is 38.1 Å². The van der Waals surface area contributed by atoms with Crippen molar-refractivity contribution in [1.29, 1.82) is 0 Å². The van der Waals surface area contributed by atoms with Crippen LogP contribution in [0.1, 0.15) is 32.1 Å². The maximum atomic E-state index is 6.20. The number of fused-ring (bicyclic) bond motifs is 1. The molecule has 0 aliphatic carbocycles. The van der Waals surface area contributed by atoms with E-state index in [1.54, 1.807) is 7.11 Å². The second-order valence-electron chi connectivity index (χ2n) is 9.27. The normalized spacial score (nSPS) is 20.1. The summed E-state index contributed by atoms with van der Waals surface area (Å²) in [6.45, 7) is 7.22. The zero-order valence-electron chi connectivity index (χ0n) is 20.3. The molecule has 0 saturated carbocycles. The number of morpholine rings is 1. The van der Waals surface area contributed by atoms with Gasteiger partial charge in [-0.2, -0.15) is 16.7 Å². The number of likely N-dealkylation sites (tertiary alicyclic amines) is 1. The summed E-state index contributed by atoms with van der Waals surface area (Å²) in [6, 6.07) is 4.50. The van der Waals surface area contributed by atoms with Gasteiger partial charge in [-0.1, -0.05) is 0 Å². The molecule has 5 rings (SSSR count). The molecule has 3 fully saturated rings. The Hall–Kier alpha value is -1.97. The molecule has 0 radical (unpaired) electrons. The van der Waals surface area contributed by atoms with Crippen molar-refractivity contribution >= 4 is 34.4 Å². The summed E-state index contributed by atoms with van der Waals surface area (Å²) in [5.74, 6) is 5.52. The van der Waals surface area contributed by atoms with Crippen molar-refractivity contribution in [3.05, 3.63) is 12.1 Å². The average molecular weight is 488 g/mol. The van der Waals surface area contributed by atoms with Crippen molar-refractivity contribution in [3.8, 4) is 11.5 Å². The Kier molecular flexibility index (Phi) is 8.13. The first kappa shape index (κ1) is 23.8. The standard InChI is InChI=1S/C25H37N5O3S/c1-31-22-17-20-21(18-23(22)33-12-4-9-29-7-2-3-8-29)27-25(30-10-13-32-14-11-30)28-24(20)26-19-5-15-34-16-6-19/h17-19H,2-16H2,1H3,(H,26,27,28). The smallest absolute Gasteiger partial charge is 0.228 e. The van der Waals surface area contributed by atoms with Gasteiger partial charge in [0, 0.05) is 37.1 Å². The van der Waals surface area contributed by atoms with Gasteiger partial charge in [0.1, 0.15) is 5.82 Å². The number of hydrogen-bond acceptors (Lipinski definition) is 9. The van der Waals surface area contributed by atoms with Crippen LogP contribution >= 0.6 is 11.8 Å². The van der Waals surface area contributed by atoms with Gasteiger partial charge in [-0.25, -0.2) is 4.98 Å². The summed E-state index contributed by atoms with van der Waals surface area (Å²) in [7, 11) is 1.70. The molecule has 1 aromatic carbocycles. The molecule has 186 valence electrons. The van der Waals surface area contributed by atoms with E-state index in [1.807, 2.05) is 23.9 Å². The molecule has 0 spiro atoms. The topological polar surface area (TPSA) is 72.0 Å². The lowest BCUT2D eigenvalue weighted by atomic mass is 10.1. The van der Waals surface area contributed by atoms with Gasteiger partial charge in [-0.05, 0) is 62.8 Å². The minimum Gasteiger partial charge on any atom is -0.493 e. The van der Waals surface area contributed by atoms with E-state index in [4.69, 9.17) is 24.2 Å². The maximum absolute atomic E-state index is 6.20. The maximum Gasteiger partial charge on any atom is 0.228 e. The molecule has 3 saturated heterocycles. The van der Waals surface area contributed by atoms with Crippen LogP contribution in [0.25, 0.3) is 10.9 Å². The van der Waals surface area contributed by atoms with Crippen LogP contribution in [0.5, 0.6) is 11.5 Å². The number of benzene rings is 1. The van der Waals surface area contributed by atoms with Crippen LogP contribution in [-0.2, 0) is 4.74 Å². The highest BCUT2D eigenvalue weighted by Crippen LogP contribution is 2.36. The number of nitrogens with one attached hydrogen (secondary N) is 1. The van der Waals surface area contributed by atoms with Crippen LogP contribution in [0.3, 0.4) is 0 Å². The van der Waals surface area contributed by atoms with E-state index in [0.29, 0.717) is 25.9 Å². The predicted molar refractivity (Wildman–Crippen MR) is 139 cm³/mol. The predicted octanol–water partition coefficient (Wildman–Crippen LogP) is 3.65. The summed E-state index contributed by atoms with van der Waals surface area (Å²) in [4.78, 5) is 14.7. The van der Waals surface area contributed by atoms with Crippen molar-refractivity contribution in [2.24, 2.45) is 0 Å². The molecule has 9 heteroatoms. The summed E-state index contributed by atoms with van der Waals surface area (Å²) in [5, 5.41) is 4.72. The molecule has 1 N–H and O–H groups in total. The Labute approximate surface area is 206 Å². The van der Waals surface area contributed by atoms with Crippen LogP contribution < -0.4 is 19.7 Å². The molecule has 2 aromatic rings. The van der Waals surface area contributed by atoms with Crippen LogP contribution in [0.2, 0.25) is 0 Å². The summed E-state index contributed by atoms with van der Waals surface area (Å²) >= 11 is 2.03. The lowest BCUT2D eigenvalue weighted by molar-refractivity contribution is 0.122. The van der Waals surface area contributed by atoms with Gasteiger partial charge in [0.15, 0.2) is 11.5 Å². The lowest BCUT2D eigenvalue weighted by Gasteiger charge is -2.28. The van der Waals surface area contributed by atoms with Crippen LogP contribution in [0, 0.1) is 0 Å². The zero-order chi connectivity index (χ0) is 23.2. The summed E-state index contributed by atoms with van der Waals surface area (Å²) < 4.78 is 17.5. The molecule has 0 atom stereocenters. The molecule has 0 amide bonds. The highest BCUT2D eigenvalue weighted by molar-refractivity contribution is 7.99. The van der Waals surface area contributed by atoms with Gasteiger partial charge in [-0.3, -0.25) is 0 Å². The molecule has 1 aromatic heterocycles. The Morgan fingerprint density at radius 2 is 1.85 bits per heavy atom. The lowest BCUT2D eigenvalue weighted by Crippen LogP contribution is -2.37. The van der Waals surface area contributed by atoms with Gasteiger partial charge >= 0.3 is 0 Å². The quantitative estimate of drug-likeness (QED) is 0.534. The van der Waals surface area contributed by atoms with Crippen LogP contribution in [-0.4, -0.2) is 92.1 Å². The van der Waals surface area contributed by atoms with Crippen LogP contribution in [0.4, 0.5) is 11.8 Å². The largest absolute Gasteiger partial charge is 0.493 e. The van der Waals surface area contributed by atoms with E-state index in [0.717, 1.165) is 73.1 Å². The van der Waals surface area contributed by atoms with Crippen molar-refractivity contribution in [1.82, 2.24) is 14.9 Å². The number of ether oxygens (including phenoxy) is 3. The van der Waals surface area contributed by atoms with E-state index < -0.39 is 0 Å². The minimum absolute atomic E-state index is 0.435. The molecular weight excluding hydrogens is 450 g/mol. The van der Waals surface area contributed by atoms with Crippen molar-refractivity contribution < 1.29 is 14.2 Å². The number of aromatic nitrogens is 2. The first-order valence-electron chi connectivity index (χ1n) is 12.7. The summed E-state index contributed by atoms with van der Waals surface area (Å²) in [6.07, 6.45) is 5.95. The third kappa shape index (κ3) is 5.80. The monoisotopic (exact) mass is 487 g/mol. The molecule has 4 heterocycles. The first-order chi connectivity index (χ1) is 16.8. The van der Waals surface area contributed by atoms with Gasteiger partial charge in [-0.15, -0.1) is 0 Å². The Morgan fingerprint density at radius 1 is 1.06 bits per heavy atom. The Bertz CT molecular complexity index is 944. The number of methoxy groups -OCH3 is 1. The number of thioether (sulfide) groups is 1. The SMILES string of the molecule is COc1cc2c(NC3CCSCC3)nc(N3CCOCC3)nc2cc1OCCCN1CCCC1. The number of anilines is 2. The van der Waals surface area contributed by atoms with E-state index in [-0.39, 0.29) is 0 Å². The molecule has 8 nitrogen and oxygen atoms in total. The van der Waals surface area contributed by atoms with E-state index in [1.165, 1.54) is 37.4 Å². The zero-order valence-corrected chi connectivity index (χ0v) is 21.1. The molecule has 3 aliphatic heterocycles. The first-order valence-corrected chi connectivity index (χ1v) is 13.9. The highest BCUT2D eigenvalue weighted by Gasteiger charge is 2.21. The fraction of sp³-hybridized carbons (Fsp3) is 0.680. The van der Waals surface area contributed by atoms with Gasteiger partial charge < -0.3 is 29.3 Å². The minimum atomic E-state index is 0.435. The van der Waals surface area contributed by atoms with Gasteiger partial charge in [0.05, 0.1) is 32.4 Å². The summed E-state index contributed by atoms with van der Waals surface area (Å²) in [5.41, 5.74) is 0.888.